The number of hydrogen-bond acceptors (Lipinski definition) is 31. The maximum atomic E-state index is 13.4. The Morgan fingerprint density at radius 1 is 0.487 bits per heavy atom. The number of ketones is 1. The van der Waals surface area contributed by atoms with E-state index < -0.39 is 25.6 Å². The first-order valence-corrected chi connectivity index (χ1v) is 49.5. The maximum Gasteiger partial charge on any atom is 0.324 e. The van der Waals surface area contributed by atoms with Crippen LogP contribution in [-0.4, -0.2) is 331 Å². The summed E-state index contributed by atoms with van der Waals surface area (Å²) >= 11 is 15.1. The lowest BCUT2D eigenvalue weighted by Crippen LogP contribution is -2.62. The summed E-state index contributed by atoms with van der Waals surface area (Å²) in [5.74, 6) is 0.401. The summed E-state index contributed by atoms with van der Waals surface area (Å²) in [6.07, 6.45) is 18.5. The quantitative estimate of drug-likeness (QED) is 0.0269. The molecule has 4 N–H and O–H groups in total. The van der Waals surface area contributed by atoms with Gasteiger partial charge in [0.2, 0.25) is 11.8 Å². The molecule has 0 spiro atoms. The fourth-order valence-corrected chi connectivity index (χ4v) is 15.6. The van der Waals surface area contributed by atoms with Crippen molar-refractivity contribution in [2.24, 2.45) is 5.41 Å². The molecule has 39 heteroatoms. The number of carbonyl (C=O) groups excluding carboxylic acids is 4. The summed E-state index contributed by atoms with van der Waals surface area (Å²) < 4.78 is 126. The van der Waals surface area contributed by atoms with Crippen LogP contribution in [0.1, 0.15) is 153 Å². The first kappa shape index (κ1) is 107. The van der Waals surface area contributed by atoms with Gasteiger partial charge in [0.25, 0.3) is 0 Å². The predicted octanol–water partition coefficient (Wildman–Crippen LogP) is 8.83. The standard InChI is InChI=1S/C78H142N3O30P3S3/c1-6-7-8-9-10-11-15-21-74(81-69-18-17-19-70(81)62-73(61-69)111-77(85)60-68-59-72(89-3)24-23-67(68)2)79-75(83)64-106-54-52-102-46-44-98-38-36-95-34-32-93-30-29-92-31-33-94-35-37-97-43-45-101-51-53-105-63-71(82)20-14-12-13-16-22-76(84)80-27-25-78(26-28-80,65-109-113(87,116)91-5)66-110-114(88,117)108-58-56-104-50-48-100-42-40-96-39-41-99-47-49-103-55-57-107-112(86,115)90-4/h23-24,59,69-70,73-74H,6-22,25-58,60-66H2,1-5H3,(H,79,83)(H,86,115)(H,87,116)(H,88,117). The number of methoxy groups -OCH3 is 1. The third-order valence-electron chi connectivity index (χ3n) is 19.5. The summed E-state index contributed by atoms with van der Waals surface area (Å²) in [5, 5.41) is 3.35. The molecule has 682 valence electrons. The Morgan fingerprint density at radius 2 is 0.872 bits per heavy atom. The predicted molar refractivity (Wildman–Crippen MR) is 449 cm³/mol. The Kier molecular flexibility index (Phi) is 62.7. The molecule has 6 unspecified atom stereocenters. The van der Waals surface area contributed by atoms with Crippen LogP contribution >= 0.6 is 20.2 Å². The zero-order valence-corrected chi connectivity index (χ0v) is 75.5. The number of piperidine rings is 3. The lowest BCUT2D eigenvalue weighted by molar-refractivity contribution is -0.156. The number of hydrogen-bond donors (Lipinski definition) is 4. The van der Waals surface area contributed by atoms with Crippen molar-refractivity contribution in [1.29, 1.82) is 0 Å². The Balaban J connectivity index is 0.871. The summed E-state index contributed by atoms with van der Waals surface area (Å²) in [5.41, 5.74) is 1.20. The van der Waals surface area contributed by atoms with Crippen LogP contribution < -0.4 is 10.1 Å². The van der Waals surface area contributed by atoms with Crippen LogP contribution in [0.15, 0.2) is 18.2 Å². The van der Waals surface area contributed by atoms with Crippen molar-refractivity contribution >= 4 is 79.1 Å². The van der Waals surface area contributed by atoms with E-state index in [0.29, 0.717) is 210 Å². The molecule has 4 rings (SSSR count). The van der Waals surface area contributed by atoms with Crippen LogP contribution in [0.4, 0.5) is 0 Å². The van der Waals surface area contributed by atoms with Crippen LogP contribution in [0.25, 0.3) is 0 Å². The molecule has 0 radical (unpaired) electrons. The number of nitrogens with one attached hydrogen (secondary N) is 1. The molecule has 33 nitrogen and oxygen atoms in total. The highest BCUT2D eigenvalue weighted by Gasteiger charge is 2.44. The van der Waals surface area contributed by atoms with Gasteiger partial charge in [-0.05, 0) is 111 Å². The van der Waals surface area contributed by atoms with Gasteiger partial charge < -0.3 is 133 Å². The van der Waals surface area contributed by atoms with Crippen molar-refractivity contribution in [2.75, 3.05) is 259 Å². The summed E-state index contributed by atoms with van der Waals surface area (Å²) in [4.78, 5) is 87.3. The number of aryl methyl sites for hydroxylation is 1. The van der Waals surface area contributed by atoms with Crippen molar-refractivity contribution in [2.45, 2.75) is 179 Å². The minimum Gasteiger partial charge on any atom is -0.497 e. The molecule has 3 aliphatic heterocycles. The first-order chi connectivity index (χ1) is 56.7. The van der Waals surface area contributed by atoms with Crippen molar-refractivity contribution in [3.63, 3.8) is 0 Å². The molecule has 117 heavy (non-hydrogen) atoms. The van der Waals surface area contributed by atoms with Gasteiger partial charge in [-0.1, -0.05) is 77.2 Å². The zero-order valence-electron chi connectivity index (χ0n) is 70.4. The molecule has 6 atom stereocenters. The van der Waals surface area contributed by atoms with Gasteiger partial charge in [-0.2, -0.15) is 0 Å². The number of rotatable bonds is 80. The number of esters is 1. The Bertz CT molecular complexity index is 2860. The van der Waals surface area contributed by atoms with Gasteiger partial charge >= 0.3 is 26.1 Å². The average molecular weight is 1790 g/mol. The van der Waals surface area contributed by atoms with E-state index in [1.807, 2.05) is 25.1 Å². The minimum absolute atomic E-state index is 0.0113. The topological polar surface area (TPSA) is 360 Å². The van der Waals surface area contributed by atoms with Gasteiger partial charge in [-0.15, -0.1) is 0 Å². The van der Waals surface area contributed by atoms with Crippen molar-refractivity contribution in [3.05, 3.63) is 29.3 Å². The van der Waals surface area contributed by atoms with Gasteiger partial charge in [-0.25, -0.2) is 0 Å². The zero-order chi connectivity index (χ0) is 84.6. The van der Waals surface area contributed by atoms with Crippen LogP contribution in [0.3, 0.4) is 0 Å². The summed E-state index contributed by atoms with van der Waals surface area (Å²) in [6.45, 7) is 4.91. The second-order valence-electron chi connectivity index (χ2n) is 28.6. The van der Waals surface area contributed by atoms with Gasteiger partial charge in [0, 0.05) is 70.5 Å². The smallest absolute Gasteiger partial charge is 0.324 e. The van der Waals surface area contributed by atoms with E-state index in [9.17, 15) is 33.9 Å². The molecule has 0 aromatic heterocycles. The fourth-order valence-electron chi connectivity index (χ4n) is 13.1. The molecule has 1 aromatic rings. The van der Waals surface area contributed by atoms with E-state index in [-0.39, 0.29) is 120 Å². The van der Waals surface area contributed by atoms with Crippen molar-refractivity contribution < 1.29 is 142 Å². The van der Waals surface area contributed by atoms with Crippen LogP contribution in [0.2, 0.25) is 0 Å². The summed E-state index contributed by atoms with van der Waals surface area (Å²) in [7, 11) is 4.18. The average Bonchev–Trinajstić information content (AvgIpc) is 0.786. The SMILES string of the molecule is CCCCCCCCCC(NC(=O)COCCOCCOCCOCCOCCOCCOCCOCCOCCOCC(=O)CCCCCCC(=O)N1CCC(COP(O)(=S)OC)(COP(O)(=S)OCCOCCOCCOCCOCCOCCOP(O)(=S)OC)CC1)N1C2CCCC1CC(OC(=O)Cc1cc(OC)ccc1C)C2. The number of carbonyl (C=O) groups is 4. The number of unbranched alkanes of at least 4 members (excludes halogenated alkanes) is 9. The van der Waals surface area contributed by atoms with E-state index in [0.717, 1.165) is 81.1 Å². The molecule has 0 aliphatic carbocycles. The van der Waals surface area contributed by atoms with Gasteiger partial charge in [0.05, 0.1) is 231 Å². The van der Waals surface area contributed by atoms with E-state index >= 15 is 0 Å². The van der Waals surface area contributed by atoms with Gasteiger partial charge in [-0.3, -0.25) is 24.1 Å². The molecule has 1 aromatic carbocycles. The second-order valence-corrected chi connectivity index (χ2v) is 37.3. The third kappa shape index (κ3) is 54.5. The normalized spacial score (nSPS) is 18.1. The lowest BCUT2D eigenvalue weighted by Gasteiger charge is -2.51. The molecular formula is C78H142N3O30P3S3. The van der Waals surface area contributed by atoms with Gasteiger partial charge in [0.1, 0.15) is 25.1 Å². The molecule has 2 bridgehead atoms. The molecule has 3 aliphatic rings. The Labute approximate surface area is 711 Å². The Hall–Kier alpha value is -1.95. The number of ether oxygens (including phenoxy) is 17. The maximum absolute atomic E-state index is 13.4. The fraction of sp³-hybridized carbons (Fsp3) is 0.872. The third-order valence-corrected chi connectivity index (χ3v) is 24.6. The number of Topliss-reactive ketones (excluding diaryl/α,β-unsaturated/α-hetero) is 1. The number of benzene rings is 1. The number of nitrogens with zero attached hydrogens (tertiary/aromatic N) is 2. The molecule has 3 saturated heterocycles. The van der Waals surface area contributed by atoms with Crippen molar-refractivity contribution in [1.82, 2.24) is 15.1 Å². The molecule has 3 heterocycles. The first-order valence-electron chi connectivity index (χ1n) is 41.8. The van der Waals surface area contributed by atoms with E-state index in [1.165, 1.54) is 46.3 Å². The summed E-state index contributed by atoms with van der Waals surface area (Å²) in [6, 6.07) is 6.23. The monoisotopic (exact) mass is 1790 g/mol. The van der Waals surface area contributed by atoms with E-state index in [4.69, 9.17) is 139 Å². The largest absolute Gasteiger partial charge is 0.497 e. The van der Waals surface area contributed by atoms with Crippen LogP contribution in [0.5, 0.6) is 5.75 Å². The van der Waals surface area contributed by atoms with Crippen LogP contribution in [0, 0.1) is 12.3 Å². The minimum atomic E-state index is -3.70. The lowest BCUT2D eigenvalue weighted by atomic mass is 9.80. The molecule has 3 fully saturated rings. The van der Waals surface area contributed by atoms with Gasteiger partial charge in [0.15, 0.2) is 5.78 Å². The van der Waals surface area contributed by atoms with Crippen molar-refractivity contribution in [3.8, 4) is 5.75 Å². The number of amides is 2. The molecule has 2 amide bonds. The van der Waals surface area contributed by atoms with E-state index in [2.05, 4.69) is 21.7 Å². The molecular weight excluding hydrogens is 1650 g/mol. The Morgan fingerprint density at radius 3 is 1.32 bits per heavy atom. The highest BCUT2D eigenvalue weighted by molar-refractivity contribution is 8.07. The number of likely N-dealkylation sites (tertiary alicyclic amines) is 1. The highest BCUT2D eigenvalue weighted by Crippen LogP contribution is 2.50. The highest BCUT2D eigenvalue weighted by atomic mass is 32.5. The van der Waals surface area contributed by atoms with E-state index in [1.54, 1.807) is 12.0 Å². The number of fused-ring (bicyclic) bond motifs is 2. The molecule has 0 saturated carbocycles. The second kappa shape index (κ2) is 68.3. The van der Waals surface area contributed by atoms with Crippen LogP contribution in [-0.2, 0) is 164 Å².